The summed E-state index contributed by atoms with van der Waals surface area (Å²) in [6.45, 7) is 0. The lowest BCUT2D eigenvalue weighted by Crippen LogP contribution is -1.99. The minimum atomic E-state index is -3.13. The fraction of sp³-hybridized carbons (Fsp3) is 0.111. The van der Waals surface area contributed by atoms with Crippen molar-refractivity contribution in [3.63, 3.8) is 0 Å². The molecule has 0 aliphatic rings. The standard InChI is InChI=1S/C9H11NO2S2/c1-14(11,12)8-4-2-7(3-5-8)9(10)6-13/h2-6,13H,10H2,1H3/b9-6-. The molecule has 0 amide bonds. The molecule has 0 aromatic heterocycles. The maximum Gasteiger partial charge on any atom is 0.175 e. The van der Waals surface area contributed by atoms with Gasteiger partial charge in [-0.05, 0) is 23.1 Å². The molecule has 1 aromatic carbocycles. The van der Waals surface area contributed by atoms with Crippen LogP contribution in [0.4, 0.5) is 0 Å². The summed E-state index contributed by atoms with van der Waals surface area (Å²) in [5.41, 5.74) is 6.85. The number of sulfone groups is 1. The Hall–Kier alpha value is -0.940. The van der Waals surface area contributed by atoms with Gasteiger partial charge in [0, 0.05) is 12.0 Å². The fourth-order valence-corrected chi connectivity index (χ4v) is 1.75. The Morgan fingerprint density at radius 3 is 2.21 bits per heavy atom. The molecule has 14 heavy (non-hydrogen) atoms. The predicted octanol–water partition coefficient (Wildman–Crippen LogP) is 1.28. The second kappa shape index (κ2) is 4.06. The van der Waals surface area contributed by atoms with E-state index in [0.717, 1.165) is 5.56 Å². The van der Waals surface area contributed by atoms with Gasteiger partial charge in [-0.15, -0.1) is 12.6 Å². The van der Waals surface area contributed by atoms with Crippen LogP contribution in [0.2, 0.25) is 0 Å². The van der Waals surface area contributed by atoms with E-state index in [0.29, 0.717) is 5.70 Å². The molecule has 1 rings (SSSR count). The number of benzene rings is 1. The summed E-state index contributed by atoms with van der Waals surface area (Å²) in [6.07, 6.45) is 1.17. The maximum absolute atomic E-state index is 11.1. The van der Waals surface area contributed by atoms with Crippen molar-refractivity contribution in [3.05, 3.63) is 35.2 Å². The number of hydrogen-bond donors (Lipinski definition) is 2. The van der Waals surface area contributed by atoms with Crippen molar-refractivity contribution in [3.8, 4) is 0 Å². The van der Waals surface area contributed by atoms with Crippen LogP contribution < -0.4 is 5.73 Å². The van der Waals surface area contributed by atoms with Crippen LogP contribution in [0.25, 0.3) is 5.70 Å². The van der Waals surface area contributed by atoms with E-state index >= 15 is 0 Å². The summed E-state index contributed by atoms with van der Waals surface area (Å²) >= 11 is 3.90. The van der Waals surface area contributed by atoms with Crippen LogP contribution in [0.5, 0.6) is 0 Å². The van der Waals surface area contributed by atoms with E-state index in [1.54, 1.807) is 12.1 Å². The van der Waals surface area contributed by atoms with Gasteiger partial charge in [-0.1, -0.05) is 12.1 Å². The van der Waals surface area contributed by atoms with Gasteiger partial charge in [0.1, 0.15) is 0 Å². The number of thiol groups is 1. The molecule has 0 aliphatic heterocycles. The summed E-state index contributed by atoms with van der Waals surface area (Å²) in [5.74, 6) is 0. The molecule has 0 heterocycles. The summed E-state index contributed by atoms with van der Waals surface area (Å²) in [7, 11) is -3.13. The predicted molar refractivity (Wildman–Crippen MR) is 60.7 cm³/mol. The van der Waals surface area contributed by atoms with E-state index in [1.165, 1.54) is 23.8 Å². The van der Waals surface area contributed by atoms with Gasteiger partial charge < -0.3 is 5.73 Å². The van der Waals surface area contributed by atoms with Crippen molar-refractivity contribution in [1.29, 1.82) is 0 Å². The lowest BCUT2D eigenvalue weighted by molar-refractivity contribution is 0.602. The fourth-order valence-electron chi connectivity index (χ4n) is 0.969. The molecule has 0 aliphatic carbocycles. The SMILES string of the molecule is CS(=O)(=O)c1ccc(/C(N)=C/S)cc1. The molecule has 0 spiro atoms. The van der Waals surface area contributed by atoms with Gasteiger partial charge in [0.15, 0.2) is 9.84 Å². The van der Waals surface area contributed by atoms with Crippen LogP contribution in [-0.4, -0.2) is 14.7 Å². The third kappa shape index (κ3) is 2.52. The van der Waals surface area contributed by atoms with Gasteiger partial charge in [0.2, 0.25) is 0 Å². The van der Waals surface area contributed by atoms with E-state index < -0.39 is 9.84 Å². The first kappa shape index (κ1) is 11.1. The summed E-state index contributed by atoms with van der Waals surface area (Å²) < 4.78 is 22.2. The lowest BCUT2D eigenvalue weighted by Gasteiger charge is -2.02. The number of nitrogens with two attached hydrogens (primary N) is 1. The van der Waals surface area contributed by atoms with Crippen molar-refractivity contribution in [2.75, 3.05) is 6.26 Å². The van der Waals surface area contributed by atoms with E-state index in [4.69, 9.17) is 5.73 Å². The van der Waals surface area contributed by atoms with E-state index in [-0.39, 0.29) is 4.90 Å². The Kier molecular flexibility index (Phi) is 3.23. The molecule has 76 valence electrons. The molecule has 0 saturated carbocycles. The highest BCUT2D eigenvalue weighted by Crippen LogP contribution is 2.14. The Bertz CT molecular complexity index is 446. The van der Waals surface area contributed by atoms with Crippen LogP contribution in [0.1, 0.15) is 5.56 Å². The molecular weight excluding hydrogens is 218 g/mol. The van der Waals surface area contributed by atoms with Gasteiger partial charge in [-0.3, -0.25) is 0 Å². The molecule has 0 bridgehead atoms. The van der Waals surface area contributed by atoms with Crippen LogP contribution in [0.3, 0.4) is 0 Å². The van der Waals surface area contributed by atoms with Gasteiger partial charge in [0.25, 0.3) is 0 Å². The Labute approximate surface area is 89.0 Å². The Morgan fingerprint density at radius 2 is 1.86 bits per heavy atom. The van der Waals surface area contributed by atoms with Crippen LogP contribution in [-0.2, 0) is 9.84 Å². The van der Waals surface area contributed by atoms with Gasteiger partial charge >= 0.3 is 0 Å². The Morgan fingerprint density at radius 1 is 1.36 bits per heavy atom. The average molecular weight is 229 g/mol. The molecule has 0 unspecified atom stereocenters. The van der Waals surface area contributed by atoms with Gasteiger partial charge in [0.05, 0.1) is 4.90 Å². The van der Waals surface area contributed by atoms with Crippen molar-refractivity contribution >= 4 is 28.2 Å². The van der Waals surface area contributed by atoms with Gasteiger partial charge in [-0.2, -0.15) is 0 Å². The first-order chi connectivity index (χ1) is 6.45. The second-order valence-corrected chi connectivity index (χ2v) is 5.15. The lowest BCUT2D eigenvalue weighted by atomic mass is 10.2. The quantitative estimate of drug-likeness (QED) is 0.751. The minimum Gasteiger partial charge on any atom is -0.398 e. The van der Waals surface area contributed by atoms with Crippen molar-refractivity contribution in [1.82, 2.24) is 0 Å². The first-order valence-electron chi connectivity index (χ1n) is 3.85. The smallest absolute Gasteiger partial charge is 0.175 e. The van der Waals surface area contributed by atoms with E-state index in [9.17, 15) is 8.42 Å². The zero-order valence-corrected chi connectivity index (χ0v) is 9.35. The normalized spacial score (nSPS) is 12.9. The van der Waals surface area contributed by atoms with Crippen molar-refractivity contribution < 1.29 is 8.42 Å². The molecule has 0 atom stereocenters. The topological polar surface area (TPSA) is 60.2 Å². The second-order valence-electron chi connectivity index (χ2n) is 2.88. The zero-order valence-electron chi connectivity index (χ0n) is 7.64. The van der Waals surface area contributed by atoms with E-state index in [1.807, 2.05) is 0 Å². The maximum atomic E-state index is 11.1. The highest BCUT2D eigenvalue weighted by molar-refractivity contribution is 7.90. The van der Waals surface area contributed by atoms with Crippen molar-refractivity contribution in [2.45, 2.75) is 4.90 Å². The number of hydrogen-bond acceptors (Lipinski definition) is 4. The molecule has 0 saturated heterocycles. The van der Waals surface area contributed by atoms with Crippen LogP contribution in [0, 0.1) is 0 Å². The number of rotatable bonds is 2. The van der Waals surface area contributed by atoms with Crippen LogP contribution >= 0.6 is 12.6 Å². The third-order valence-electron chi connectivity index (χ3n) is 1.75. The molecule has 1 aromatic rings. The zero-order chi connectivity index (χ0) is 10.8. The molecule has 5 heteroatoms. The summed E-state index contributed by atoms with van der Waals surface area (Å²) in [5, 5.41) is 1.47. The third-order valence-corrected chi connectivity index (χ3v) is 3.16. The largest absolute Gasteiger partial charge is 0.398 e. The van der Waals surface area contributed by atoms with Gasteiger partial charge in [-0.25, -0.2) is 8.42 Å². The Balaban J connectivity index is 3.14. The monoisotopic (exact) mass is 229 g/mol. The molecular formula is C9H11NO2S2. The van der Waals surface area contributed by atoms with E-state index in [2.05, 4.69) is 12.6 Å². The minimum absolute atomic E-state index is 0.285. The summed E-state index contributed by atoms with van der Waals surface area (Å²) in [4.78, 5) is 0.285. The molecule has 0 radical (unpaired) electrons. The first-order valence-corrected chi connectivity index (χ1v) is 6.26. The summed E-state index contributed by atoms with van der Waals surface area (Å²) in [6, 6.07) is 6.35. The molecule has 2 N–H and O–H groups in total. The van der Waals surface area contributed by atoms with Crippen molar-refractivity contribution in [2.24, 2.45) is 5.73 Å². The average Bonchev–Trinajstić information content (AvgIpc) is 2.15. The van der Waals surface area contributed by atoms with Crippen LogP contribution in [0.15, 0.2) is 34.6 Å². The molecule has 0 fully saturated rings. The highest BCUT2D eigenvalue weighted by atomic mass is 32.2. The molecule has 3 nitrogen and oxygen atoms in total. The highest BCUT2D eigenvalue weighted by Gasteiger charge is 2.06.